The Morgan fingerprint density at radius 2 is 1.62 bits per heavy atom. The van der Waals surface area contributed by atoms with Crippen LogP contribution in [0.15, 0.2) is 54.6 Å². The molecule has 5 heteroatoms. The normalized spacial score (nSPS) is 18.5. The van der Waals surface area contributed by atoms with Gasteiger partial charge in [-0.1, -0.05) is 54.6 Å². The van der Waals surface area contributed by atoms with Crippen molar-refractivity contribution < 1.29 is 19.1 Å². The SMILES string of the molecule is CCOC(=O)C1Cc2ccccc2CC1NC(=O)OCc1ccccc1. The third-order valence-corrected chi connectivity index (χ3v) is 4.59. The molecule has 1 aliphatic carbocycles. The zero-order valence-electron chi connectivity index (χ0n) is 14.8. The van der Waals surface area contributed by atoms with Gasteiger partial charge in [0.2, 0.25) is 0 Å². The molecule has 2 aromatic rings. The predicted octanol–water partition coefficient (Wildman–Crippen LogP) is 3.26. The van der Waals surface area contributed by atoms with E-state index in [4.69, 9.17) is 9.47 Å². The van der Waals surface area contributed by atoms with E-state index in [1.165, 1.54) is 0 Å². The minimum atomic E-state index is -0.521. The van der Waals surface area contributed by atoms with E-state index >= 15 is 0 Å². The second-order valence-corrected chi connectivity index (χ2v) is 6.35. The van der Waals surface area contributed by atoms with Crippen LogP contribution in [0.3, 0.4) is 0 Å². The number of hydrogen-bond donors (Lipinski definition) is 1. The van der Waals surface area contributed by atoms with Crippen LogP contribution in [0.1, 0.15) is 23.6 Å². The van der Waals surface area contributed by atoms with Gasteiger partial charge in [0.25, 0.3) is 0 Å². The van der Waals surface area contributed by atoms with Gasteiger partial charge in [0.05, 0.1) is 12.5 Å². The quantitative estimate of drug-likeness (QED) is 0.838. The average Bonchev–Trinajstić information content (AvgIpc) is 2.67. The number of amides is 1. The van der Waals surface area contributed by atoms with Crippen molar-refractivity contribution in [1.82, 2.24) is 5.32 Å². The van der Waals surface area contributed by atoms with Crippen molar-refractivity contribution >= 4 is 12.1 Å². The van der Waals surface area contributed by atoms with Crippen molar-refractivity contribution in [1.29, 1.82) is 0 Å². The summed E-state index contributed by atoms with van der Waals surface area (Å²) in [5, 5.41) is 2.86. The van der Waals surface area contributed by atoms with Gasteiger partial charge in [-0.2, -0.15) is 0 Å². The van der Waals surface area contributed by atoms with E-state index < -0.39 is 12.0 Å². The van der Waals surface area contributed by atoms with Gasteiger partial charge in [-0.25, -0.2) is 4.79 Å². The monoisotopic (exact) mass is 353 g/mol. The lowest BCUT2D eigenvalue weighted by molar-refractivity contribution is -0.149. The minimum Gasteiger partial charge on any atom is -0.466 e. The summed E-state index contributed by atoms with van der Waals surface area (Å²) in [7, 11) is 0. The van der Waals surface area contributed by atoms with Gasteiger partial charge < -0.3 is 14.8 Å². The number of rotatable bonds is 5. The summed E-state index contributed by atoms with van der Waals surface area (Å²) in [4.78, 5) is 24.6. The molecule has 1 N–H and O–H groups in total. The lowest BCUT2D eigenvalue weighted by Gasteiger charge is -2.31. The van der Waals surface area contributed by atoms with E-state index in [1.807, 2.05) is 54.6 Å². The molecule has 2 atom stereocenters. The van der Waals surface area contributed by atoms with Crippen LogP contribution >= 0.6 is 0 Å². The van der Waals surface area contributed by atoms with Crippen molar-refractivity contribution in [2.24, 2.45) is 5.92 Å². The van der Waals surface area contributed by atoms with E-state index in [0.717, 1.165) is 16.7 Å². The Morgan fingerprint density at radius 3 is 2.31 bits per heavy atom. The van der Waals surface area contributed by atoms with Crippen molar-refractivity contribution in [3.63, 3.8) is 0 Å². The van der Waals surface area contributed by atoms with Crippen LogP contribution in [0.5, 0.6) is 0 Å². The number of carbonyl (C=O) groups excluding carboxylic acids is 2. The molecule has 0 aliphatic heterocycles. The first-order valence-corrected chi connectivity index (χ1v) is 8.88. The number of hydrogen-bond acceptors (Lipinski definition) is 4. The molecule has 5 nitrogen and oxygen atoms in total. The van der Waals surface area contributed by atoms with E-state index in [1.54, 1.807) is 6.92 Å². The molecule has 1 aliphatic rings. The maximum atomic E-state index is 12.4. The fraction of sp³-hybridized carbons (Fsp3) is 0.333. The molecule has 0 fully saturated rings. The number of benzene rings is 2. The van der Waals surface area contributed by atoms with Gasteiger partial charge >= 0.3 is 12.1 Å². The fourth-order valence-electron chi connectivity index (χ4n) is 3.28. The van der Waals surface area contributed by atoms with Crippen molar-refractivity contribution in [3.05, 3.63) is 71.3 Å². The van der Waals surface area contributed by atoms with Crippen LogP contribution in [0.2, 0.25) is 0 Å². The zero-order chi connectivity index (χ0) is 18.4. The highest BCUT2D eigenvalue weighted by Gasteiger charge is 2.35. The topological polar surface area (TPSA) is 64.6 Å². The molecule has 26 heavy (non-hydrogen) atoms. The standard InChI is InChI=1S/C21H23NO4/c1-2-25-20(23)18-12-16-10-6-7-11-17(16)13-19(18)22-21(24)26-14-15-8-4-3-5-9-15/h3-11,18-19H,2,12-14H2,1H3,(H,22,24). The second kappa shape index (κ2) is 8.52. The predicted molar refractivity (Wildman–Crippen MR) is 97.5 cm³/mol. The molecule has 2 unspecified atom stereocenters. The van der Waals surface area contributed by atoms with E-state index in [-0.39, 0.29) is 18.6 Å². The summed E-state index contributed by atoms with van der Waals surface area (Å²) in [6.07, 6.45) is 0.617. The number of carbonyl (C=O) groups is 2. The smallest absolute Gasteiger partial charge is 0.407 e. The summed E-state index contributed by atoms with van der Waals surface area (Å²) >= 11 is 0. The summed E-state index contributed by atoms with van der Waals surface area (Å²) in [6, 6.07) is 17.1. The zero-order valence-corrected chi connectivity index (χ0v) is 14.8. The van der Waals surface area contributed by atoms with E-state index in [0.29, 0.717) is 19.4 Å². The van der Waals surface area contributed by atoms with Crippen LogP contribution in [0, 0.1) is 5.92 Å². The molecule has 0 heterocycles. The van der Waals surface area contributed by atoms with Crippen molar-refractivity contribution in [2.45, 2.75) is 32.4 Å². The first kappa shape index (κ1) is 18.0. The van der Waals surface area contributed by atoms with Gasteiger partial charge in [-0.3, -0.25) is 4.79 Å². The van der Waals surface area contributed by atoms with Crippen LogP contribution in [0.4, 0.5) is 4.79 Å². The molecular formula is C21H23NO4. The molecule has 136 valence electrons. The number of fused-ring (bicyclic) bond motifs is 1. The van der Waals surface area contributed by atoms with E-state index in [9.17, 15) is 9.59 Å². The Hall–Kier alpha value is -2.82. The molecule has 3 rings (SSSR count). The van der Waals surface area contributed by atoms with Crippen LogP contribution < -0.4 is 5.32 Å². The van der Waals surface area contributed by atoms with E-state index in [2.05, 4.69) is 5.32 Å². The molecule has 1 amide bonds. The summed E-state index contributed by atoms with van der Waals surface area (Å²) in [6.45, 7) is 2.30. The number of alkyl carbamates (subject to hydrolysis) is 1. The van der Waals surface area contributed by atoms with Crippen molar-refractivity contribution in [3.8, 4) is 0 Å². The lowest BCUT2D eigenvalue weighted by atomic mass is 9.80. The highest BCUT2D eigenvalue weighted by atomic mass is 16.5. The number of esters is 1. The maximum absolute atomic E-state index is 12.4. The van der Waals surface area contributed by atoms with Crippen LogP contribution in [0.25, 0.3) is 0 Å². The maximum Gasteiger partial charge on any atom is 0.407 e. The third-order valence-electron chi connectivity index (χ3n) is 4.59. The molecule has 0 radical (unpaired) electrons. The molecule has 0 saturated heterocycles. The Bertz CT molecular complexity index is 760. The minimum absolute atomic E-state index is 0.194. The molecule has 0 saturated carbocycles. The Balaban J connectivity index is 1.66. The highest BCUT2D eigenvalue weighted by molar-refractivity contribution is 5.76. The number of nitrogens with one attached hydrogen (secondary N) is 1. The Kier molecular flexibility index (Phi) is 5.89. The summed E-state index contributed by atoms with van der Waals surface area (Å²) < 4.78 is 10.5. The molecule has 0 bridgehead atoms. The highest BCUT2D eigenvalue weighted by Crippen LogP contribution is 2.27. The Morgan fingerprint density at radius 1 is 0.962 bits per heavy atom. The number of ether oxygens (including phenoxy) is 2. The first-order chi connectivity index (χ1) is 12.7. The molecule has 0 spiro atoms. The molecular weight excluding hydrogens is 330 g/mol. The molecule has 0 aromatic heterocycles. The van der Waals surface area contributed by atoms with Gasteiger partial charge in [0.1, 0.15) is 6.61 Å². The van der Waals surface area contributed by atoms with Crippen LogP contribution in [-0.4, -0.2) is 24.7 Å². The fourth-order valence-corrected chi connectivity index (χ4v) is 3.28. The summed E-state index contributed by atoms with van der Waals surface area (Å²) in [5.74, 6) is -0.690. The van der Waals surface area contributed by atoms with Gasteiger partial charge in [-0.05, 0) is 36.5 Å². The third kappa shape index (κ3) is 4.42. The van der Waals surface area contributed by atoms with Gasteiger partial charge in [0.15, 0.2) is 0 Å². The first-order valence-electron chi connectivity index (χ1n) is 8.88. The average molecular weight is 353 g/mol. The second-order valence-electron chi connectivity index (χ2n) is 6.35. The largest absolute Gasteiger partial charge is 0.466 e. The van der Waals surface area contributed by atoms with Gasteiger partial charge in [-0.15, -0.1) is 0 Å². The Labute approximate surface area is 153 Å². The van der Waals surface area contributed by atoms with Crippen molar-refractivity contribution in [2.75, 3.05) is 6.61 Å². The summed E-state index contributed by atoms with van der Waals surface area (Å²) in [5.41, 5.74) is 3.18. The van der Waals surface area contributed by atoms with Crippen LogP contribution in [-0.2, 0) is 33.7 Å². The van der Waals surface area contributed by atoms with Gasteiger partial charge in [0, 0.05) is 6.04 Å². The lowest BCUT2D eigenvalue weighted by Crippen LogP contribution is -2.48. The molecule has 2 aromatic carbocycles.